The molecule has 0 aliphatic carbocycles. The first kappa shape index (κ1) is 14.5. The number of rotatable bonds is 3. The molecule has 0 aliphatic heterocycles. The van der Waals surface area contributed by atoms with E-state index in [0.717, 1.165) is 15.1 Å². The molecule has 0 fully saturated rings. The highest BCUT2D eigenvalue weighted by molar-refractivity contribution is 9.10. The van der Waals surface area contributed by atoms with Gasteiger partial charge in [-0.15, -0.1) is 0 Å². The molecule has 0 amide bonds. The standard InChI is InChI=1S/C12H16BrNO2S/c1-8-5-9(13)6-14-11(8)17-7-10(15)16-12(2,3)4/h5-6H,7H2,1-4H3. The van der Waals surface area contributed by atoms with Crippen molar-refractivity contribution in [3.63, 3.8) is 0 Å². The second-order valence-corrected chi connectivity index (χ2v) is 6.53. The lowest BCUT2D eigenvalue weighted by Crippen LogP contribution is -2.24. The highest BCUT2D eigenvalue weighted by atomic mass is 79.9. The van der Waals surface area contributed by atoms with Gasteiger partial charge in [0.15, 0.2) is 0 Å². The maximum absolute atomic E-state index is 11.5. The Morgan fingerprint density at radius 2 is 2.18 bits per heavy atom. The molecule has 17 heavy (non-hydrogen) atoms. The molecule has 3 nitrogen and oxygen atoms in total. The number of hydrogen-bond donors (Lipinski definition) is 0. The maximum Gasteiger partial charge on any atom is 0.316 e. The number of carbonyl (C=O) groups is 1. The Labute approximate surface area is 114 Å². The van der Waals surface area contributed by atoms with Crippen molar-refractivity contribution in [1.82, 2.24) is 4.98 Å². The predicted octanol–water partition coefficient (Wildman–Crippen LogP) is 3.59. The van der Waals surface area contributed by atoms with Crippen molar-refractivity contribution in [2.45, 2.75) is 38.3 Å². The molecule has 1 rings (SSSR count). The highest BCUT2D eigenvalue weighted by Gasteiger charge is 2.16. The van der Waals surface area contributed by atoms with E-state index in [4.69, 9.17) is 4.74 Å². The lowest BCUT2D eigenvalue weighted by molar-refractivity contribution is -0.151. The van der Waals surface area contributed by atoms with Crippen molar-refractivity contribution in [2.75, 3.05) is 5.75 Å². The van der Waals surface area contributed by atoms with Gasteiger partial charge in [-0.25, -0.2) is 4.98 Å². The number of esters is 1. The minimum atomic E-state index is -0.431. The summed E-state index contributed by atoms with van der Waals surface area (Å²) in [5, 5.41) is 0.860. The minimum absolute atomic E-state index is 0.216. The molecule has 0 saturated carbocycles. The molecule has 1 aromatic rings. The second kappa shape index (κ2) is 5.87. The molecule has 1 heterocycles. The molecular formula is C12H16BrNO2S. The van der Waals surface area contributed by atoms with Crippen LogP contribution in [0.5, 0.6) is 0 Å². The molecule has 0 unspecified atom stereocenters. The molecule has 0 aromatic carbocycles. The van der Waals surface area contributed by atoms with Crippen LogP contribution in [0.4, 0.5) is 0 Å². The molecule has 1 aromatic heterocycles. The molecule has 5 heteroatoms. The van der Waals surface area contributed by atoms with Gasteiger partial charge in [0, 0.05) is 10.7 Å². The van der Waals surface area contributed by atoms with Gasteiger partial charge in [0.05, 0.1) is 10.8 Å². The van der Waals surface area contributed by atoms with Crippen molar-refractivity contribution in [3.8, 4) is 0 Å². The van der Waals surface area contributed by atoms with Gasteiger partial charge < -0.3 is 4.74 Å². The van der Waals surface area contributed by atoms with E-state index in [1.807, 2.05) is 33.8 Å². The molecule has 0 bridgehead atoms. The van der Waals surface area contributed by atoms with Crippen LogP contribution < -0.4 is 0 Å². The first-order valence-electron chi connectivity index (χ1n) is 5.25. The Balaban J connectivity index is 2.53. The van der Waals surface area contributed by atoms with Crippen LogP contribution in [-0.4, -0.2) is 22.3 Å². The summed E-state index contributed by atoms with van der Waals surface area (Å²) in [5.41, 5.74) is 0.618. The lowest BCUT2D eigenvalue weighted by atomic mass is 10.2. The zero-order valence-corrected chi connectivity index (χ0v) is 12.8. The van der Waals surface area contributed by atoms with E-state index >= 15 is 0 Å². The molecule has 94 valence electrons. The van der Waals surface area contributed by atoms with Crippen LogP contribution in [0.3, 0.4) is 0 Å². The van der Waals surface area contributed by atoms with Crippen molar-refractivity contribution in [3.05, 3.63) is 22.3 Å². The summed E-state index contributed by atoms with van der Waals surface area (Å²) < 4.78 is 6.17. The molecule has 0 spiro atoms. The zero-order valence-electron chi connectivity index (χ0n) is 10.4. The van der Waals surface area contributed by atoms with E-state index in [0.29, 0.717) is 0 Å². The van der Waals surface area contributed by atoms with E-state index in [2.05, 4.69) is 20.9 Å². The Morgan fingerprint density at radius 1 is 1.53 bits per heavy atom. The van der Waals surface area contributed by atoms with Gasteiger partial charge >= 0.3 is 5.97 Å². The number of pyridine rings is 1. The zero-order chi connectivity index (χ0) is 13.1. The number of thioether (sulfide) groups is 1. The summed E-state index contributed by atoms with van der Waals surface area (Å²) >= 11 is 4.75. The molecular weight excluding hydrogens is 302 g/mol. The molecule has 0 radical (unpaired) electrons. The third-order valence-electron chi connectivity index (χ3n) is 1.74. The van der Waals surface area contributed by atoms with Crippen molar-refractivity contribution in [1.29, 1.82) is 0 Å². The second-order valence-electron chi connectivity index (χ2n) is 4.65. The van der Waals surface area contributed by atoms with Gasteiger partial charge in [0.25, 0.3) is 0 Å². The highest BCUT2D eigenvalue weighted by Crippen LogP contribution is 2.23. The van der Waals surface area contributed by atoms with Gasteiger partial charge in [0.2, 0.25) is 0 Å². The summed E-state index contributed by atoms with van der Waals surface area (Å²) in [4.78, 5) is 15.8. The van der Waals surface area contributed by atoms with Gasteiger partial charge in [-0.3, -0.25) is 4.79 Å². The van der Waals surface area contributed by atoms with Gasteiger partial charge in [-0.05, 0) is 55.3 Å². The third kappa shape index (κ3) is 5.55. The number of aryl methyl sites for hydroxylation is 1. The number of carbonyl (C=O) groups excluding carboxylic acids is 1. The van der Waals surface area contributed by atoms with Crippen molar-refractivity contribution < 1.29 is 9.53 Å². The van der Waals surface area contributed by atoms with Crippen LogP contribution in [0.2, 0.25) is 0 Å². The average Bonchev–Trinajstić information content (AvgIpc) is 2.13. The number of ether oxygens (including phenoxy) is 1. The van der Waals surface area contributed by atoms with E-state index in [1.54, 1.807) is 6.20 Å². The van der Waals surface area contributed by atoms with Crippen molar-refractivity contribution in [2.24, 2.45) is 0 Å². The fourth-order valence-corrected chi connectivity index (χ4v) is 2.35. The van der Waals surface area contributed by atoms with E-state index < -0.39 is 5.60 Å². The summed E-state index contributed by atoms with van der Waals surface area (Å²) in [6.07, 6.45) is 1.73. The van der Waals surface area contributed by atoms with E-state index in [1.165, 1.54) is 11.8 Å². The maximum atomic E-state index is 11.5. The van der Waals surface area contributed by atoms with Crippen LogP contribution in [0.25, 0.3) is 0 Å². The third-order valence-corrected chi connectivity index (χ3v) is 3.26. The largest absolute Gasteiger partial charge is 0.459 e. The van der Waals surface area contributed by atoms with Gasteiger partial charge in [0.1, 0.15) is 5.60 Å². The minimum Gasteiger partial charge on any atom is -0.459 e. The Hall–Kier alpha value is -0.550. The van der Waals surface area contributed by atoms with Crippen LogP contribution >= 0.6 is 27.7 Å². The first-order valence-corrected chi connectivity index (χ1v) is 7.02. The van der Waals surface area contributed by atoms with Crippen LogP contribution in [0.15, 0.2) is 21.8 Å². The smallest absolute Gasteiger partial charge is 0.316 e. The Morgan fingerprint density at radius 3 is 2.71 bits per heavy atom. The summed E-state index contributed by atoms with van der Waals surface area (Å²) in [5.74, 6) is 0.0684. The van der Waals surface area contributed by atoms with Gasteiger partial charge in [-0.2, -0.15) is 0 Å². The van der Waals surface area contributed by atoms with E-state index in [9.17, 15) is 4.79 Å². The number of aromatic nitrogens is 1. The number of nitrogens with zero attached hydrogens (tertiary/aromatic N) is 1. The number of halogens is 1. The van der Waals surface area contributed by atoms with Crippen LogP contribution in [0.1, 0.15) is 26.3 Å². The fraction of sp³-hybridized carbons (Fsp3) is 0.500. The molecule has 0 N–H and O–H groups in total. The summed E-state index contributed by atoms with van der Waals surface area (Å²) in [6, 6.07) is 1.98. The SMILES string of the molecule is Cc1cc(Br)cnc1SCC(=O)OC(C)(C)C. The van der Waals surface area contributed by atoms with Crippen molar-refractivity contribution >= 4 is 33.7 Å². The van der Waals surface area contributed by atoms with Crippen LogP contribution in [-0.2, 0) is 9.53 Å². The molecule has 0 atom stereocenters. The summed E-state index contributed by atoms with van der Waals surface area (Å²) in [6.45, 7) is 7.55. The lowest BCUT2D eigenvalue weighted by Gasteiger charge is -2.19. The normalized spacial score (nSPS) is 11.4. The summed E-state index contributed by atoms with van der Waals surface area (Å²) in [7, 11) is 0. The fourth-order valence-electron chi connectivity index (χ4n) is 1.18. The molecule has 0 saturated heterocycles. The van der Waals surface area contributed by atoms with E-state index in [-0.39, 0.29) is 11.7 Å². The van der Waals surface area contributed by atoms with Gasteiger partial charge in [-0.1, -0.05) is 11.8 Å². The molecule has 0 aliphatic rings. The number of hydrogen-bond acceptors (Lipinski definition) is 4. The predicted molar refractivity (Wildman–Crippen MR) is 73.2 cm³/mol. The topological polar surface area (TPSA) is 39.2 Å². The monoisotopic (exact) mass is 317 g/mol. The first-order chi connectivity index (χ1) is 7.78. The average molecular weight is 318 g/mol. The van der Waals surface area contributed by atoms with Crippen LogP contribution in [0, 0.1) is 6.92 Å². The quantitative estimate of drug-likeness (QED) is 0.631. The Bertz CT molecular complexity index is 415. The Kier molecular flexibility index (Phi) is 5.01.